The summed E-state index contributed by atoms with van der Waals surface area (Å²) in [5, 5.41) is 22.9. The van der Waals surface area contributed by atoms with Crippen molar-refractivity contribution in [3.8, 4) is 0 Å². The third-order valence-corrected chi connectivity index (χ3v) is 4.34. The lowest BCUT2D eigenvalue weighted by Crippen LogP contribution is -2.41. The largest absolute Gasteiger partial charge is 0.396 e. The summed E-state index contributed by atoms with van der Waals surface area (Å²) in [5.41, 5.74) is 0.749. The van der Waals surface area contributed by atoms with Gasteiger partial charge in [-0.15, -0.1) is 0 Å². The summed E-state index contributed by atoms with van der Waals surface area (Å²) in [6, 6.07) is 0.155. The quantitative estimate of drug-likeness (QED) is 0.698. The lowest BCUT2D eigenvalue weighted by Gasteiger charge is -2.29. The highest BCUT2D eigenvalue weighted by molar-refractivity contribution is 6.32. The Morgan fingerprint density at radius 3 is 2.95 bits per heavy atom. The predicted molar refractivity (Wildman–Crippen MR) is 72.2 cm³/mol. The van der Waals surface area contributed by atoms with E-state index in [0.29, 0.717) is 11.6 Å². The van der Waals surface area contributed by atoms with E-state index >= 15 is 0 Å². The fourth-order valence-electron chi connectivity index (χ4n) is 3.12. The highest BCUT2D eigenvalue weighted by Crippen LogP contribution is 2.41. The maximum Gasteiger partial charge on any atom is 0.158 e. The van der Waals surface area contributed by atoms with Gasteiger partial charge in [-0.3, -0.25) is 0 Å². The number of fused-ring (bicyclic) bond motifs is 1. The zero-order valence-corrected chi connectivity index (χ0v) is 11.4. The van der Waals surface area contributed by atoms with Gasteiger partial charge >= 0.3 is 0 Å². The van der Waals surface area contributed by atoms with Crippen molar-refractivity contribution in [2.24, 2.45) is 5.92 Å². The molecule has 0 amide bonds. The Morgan fingerprint density at radius 1 is 1.47 bits per heavy atom. The van der Waals surface area contributed by atoms with Gasteiger partial charge < -0.3 is 20.4 Å². The molecule has 1 fully saturated rings. The maximum absolute atomic E-state index is 9.94. The fourth-order valence-corrected chi connectivity index (χ4v) is 3.31. The lowest BCUT2D eigenvalue weighted by molar-refractivity contribution is 0.0908. The number of aliphatic hydroxyl groups is 2. The van der Waals surface area contributed by atoms with E-state index < -0.39 is 6.10 Å². The maximum atomic E-state index is 9.94. The summed E-state index contributed by atoms with van der Waals surface area (Å²) in [6.07, 6.45) is 2.44. The molecule has 3 unspecified atom stereocenters. The fraction of sp³-hybridized carbons (Fsp3) is 0.667. The second-order valence-corrected chi connectivity index (χ2v) is 5.58. The van der Waals surface area contributed by atoms with Crippen molar-refractivity contribution in [2.45, 2.75) is 38.1 Å². The monoisotopic (exact) mass is 284 g/mol. The van der Waals surface area contributed by atoms with Crippen LogP contribution >= 0.6 is 11.6 Å². The molecule has 2 heterocycles. The molecule has 3 rings (SSSR count). The van der Waals surface area contributed by atoms with Gasteiger partial charge in [0.25, 0.3) is 0 Å². The van der Waals surface area contributed by atoms with Crippen molar-refractivity contribution in [1.82, 2.24) is 9.97 Å². The highest BCUT2D eigenvalue weighted by atomic mass is 35.5. The summed E-state index contributed by atoms with van der Waals surface area (Å²) < 4.78 is 0. The molecule has 0 radical (unpaired) electrons. The number of anilines is 2. The number of hydrogen-bond acceptors (Lipinski definition) is 6. The van der Waals surface area contributed by atoms with E-state index in [0.717, 1.165) is 17.9 Å². The average molecular weight is 285 g/mol. The van der Waals surface area contributed by atoms with Crippen LogP contribution in [0.1, 0.15) is 19.8 Å². The zero-order chi connectivity index (χ0) is 13.6. The normalized spacial score (nSPS) is 33.4. The first-order valence-corrected chi connectivity index (χ1v) is 6.84. The van der Waals surface area contributed by atoms with Crippen LogP contribution in [0.15, 0.2) is 6.33 Å². The third-order valence-electron chi connectivity index (χ3n) is 4.06. The van der Waals surface area contributed by atoms with Gasteiger partial charge in [-0.2, -0.15) is 0 Å². The van der Waals surface area contributed by atoms with Crippen molar-refractivity contribution in [3.05, 3.63) is 11.5 Å². The second kappa shape index (κ2) is 4.77. The van der Waals surface area contributed by atoms with E-state index in [2.05, 4.69) is 20.2 Å². The van der Waals surface area contributed by atoms with E-state index in [9.17, 15) is 10.2 Å². The Bertz CT molecular complexity index is 487. The number of nitrogens with zero attached hydrogens (tertiary/aromatic N) is 3. The molecule has 1 aromatic rings. The van der Waals surface area contributed by atoms with Crippen LogP contribution < -0.4 is 10.2 Å². The molecule has 1 aromatic heterocycles. The predicted octanol–water partition coefficient (Wildman–Crippen LogP) is 0.840. The van der Waals surface area contributed by atoms with Crippen molar-refractivity contribution in [1.29, 1.82) is 0 Å². The number of aromatic nitrogens is 2. The summed E-state index contributed by atoms with van der Waals surface area (Å²) >= 11 is 6.06. The Balaban J connectivity index is 1.89. The number of hydrogen-bond donors (Lipinski definition) is 3. The van der Waals surface area contributed by atoms with Gasteiger partial charge in [0.2, 0.25) is 0 Å². The lowest BCUT2D eigenvalue weighted by atomic mass is 10.1. The van der Waals surface area contributed by atoms with E-state index in [1.807, 2.05) is 6.92 Å². The van der Waals surface area contributed by atoms with Crippen LogP contribution in [-0.4, -0.2) is 45.1 Å². The molecule has 0 bridgehead atoms. The van der Waals surface area contributed by atoms with Crippen LogP contribution in [0, 0.1) is 5.92 Å². The molecule has 7 heteroatoms. The molecule has 1 aliphatic carbocycles. The van der Waals surface area contributed by atoms with Gasteiger partial charge in [-0.1, -0.05) is 11.6 Å². The molecule has 2 aliphatic rings. The molecule has 1 aliphatic heterocycles. The average Bonchev–Trinajstić information content (AvgIpc) is 2.90. The first kappa shape index (κ1) is 12.9. The van der Waals surface area contributed by atoms with Gasteiger partial charge in [0, 0.05) is 18.6 Å². The molecule has 0 spiro atoms. The molecule has 19 heavy (non-hydrogen) atoms. The van der Waals surface area contributed by atoms with Crippen LogP contribution in [0.4, 0.5) is 11.5 Å². The standard InChI is InChI=1S/C12H17ClN4O2/c1-6-16-10-11(13)14-5-15-12(10)17(6)8-2-7(4-18)9(19)3-8/h5-9,16,18-19H,2-4H2,1H3/t6-,7?,8?,9?/m0/s1. The summed E-state index contributed by atoms with van der Waals surface area (Å²) in [6.45, 7) is 2.04. The minimum absolute atomic E-state index is 0.0186. The highest BCUT2D eigenvalue weighted by Gasteiger charge is 2.41. The molecule has 3 N–H and O–H groups in total. The molecule has 0 saturated heterocycles. The van der Waals surface area contributed by atoms with E-state index in [1.54, 1.807) is 0 Å². The van der Waals surface area contributed by atoms with Crippen LogP contribution in [-0.2, 0) is 0 Å². The summed E-state index contributed by atoms with van der Waals surface area (Å²) in [5.74, 6) is 0.724. The third kappa shape index (κ3) is 2.04. The molecule has 1 saturated carbocycles. The Kier molecular flexibility index (Phi) is 3.24. The van der Waals surface area contributed by atoms with Crippen LogP contribution in [0.3, 0.4) is 0 Å². The van der Waals surface area contributed by atoms with E-state index in [-0.39, 0.29) is 24.7 Å². The Hall–Kier alpha value is -1.11. The molecular weight excluding hydrogens is 268 g/mol. The molecule has 0 aromatic carbocycles. The van der Waals surface area contributed by atoms with Gasteiger partial charge in [0.05, 0.1) is 12.3 Å². The van der Waals surface area contributed by atoms with Gasteiger partial charge in [-0.05, 0) is 19.8 Å². The van der Waals surface area contributed by atoms with Crippen LogP contribution in [0.2, 0.25) is 5.15 Å². The van der Waals surface area contributed by atoms with E-state index in [4.69, 9.17) is 11.6 Å². The van der Waals surface area contributed by atoms with E-state index in [1.165, 1.54) is 6.33 Å². The minimum Gasteiger partial charge on any atom is -0.396 e. The van der Waals surface area contributed by atoms with Crippen molar-refractivity contribution >= 4 is 23.1 Å². The second-order valence-electron chi connectivity index (χ2n) is 5.23. The number of rotatable bonds is 2. The van der Waals surface area contributed by atoms with Crippen LogP contribution in [0.5, 0.6) is 0 Å². The molecule has 4 atom stereocenters. The summed E-state index contributed by atoms with van der Waals surface area (Å²) in [7, 11) is 0. The minimum atomic E-state index is -0.455. The van der Waals surface area contributed by atoms with Crippen molar-refractivity contribution < 1.29 is 10.2 Å². The smallest absolute Gasteiger partial charge is 0.158 e. The molecule has 104 valence electrons. The van der Waals surface area contributed by atoms with Crippen molar-refractivity contribution in [2.75, 3.05) is 16.8 Å². The summed E-state index contributed by atoms with van der Waals surface area (Å²) in [4.78, 5) is 10.4. The van der Waals surface area contributed by atoms with Gasteiger partial charge in [0.1, 0.15) is 12.0 Å². The Morgan fingerprint density at radius 2 is 2.26 bits per heavy atom. The van der Waals surface area contributed by atoms with Crippen LogP contribution in [0.25, 0.3) is 0 Å². The Labute approximate surface area is 116 Å². The number of halogens is 1. The van der Waals surface area contributed by atoms with Gasteiger partial charge in [0.15, 0.2) is 11.0 Å². The molecule has 6 nitrogen and oxygen atoms in total. The van der Waals surface area contributed by atoms with Gasteiger partial charge in [-0.25, -0.2) is 9.97 Å². The first-order chi connectivity index (χ1) is 9.11. The number of nitrogens with one attached hydrogen (secondary N) is 1. The SMILES string of the molecule is C[C@H]1Nc2c(Cl)ncnc2N1C1CC(O)C(CO)C1. The number of aliphatic hydroxyl groups excluding tert-OH is 2. The first-order valence-electron chi connectivity index (χ1n) is 6.46. The van der Waals surface area contributed by atoms with Crippen molar-refractivity contribution in [3.63, 3.8) is 0 Å². The molecular formula is C12H17ClN4O2. The topological polar surface area (TPSA) is 81.5 Å². The zero-order valence-electron chi connectivity index (χ0n) is 10.6.